The van der Waals surface area contributed by atoms with Crippen LogP contribution in [0.25, 0.3) is 16.8 Å². The molecular weight excluding hydrogens is 426 g/mol. The fourth-order valence-electron chi connectivity index (χ4n) is 3.69. The van der Waals surface area contributed by atoms with Crippen molar-refractivity contribution in [3.05, 3.63) is 109 Å². The van der Waals surface area contributed by atoms with Crippen molar-refractivity contribution in [3.63, 3.8) is 0 Å². The number of rotatable bonds is 6. The highest BCUT2D eigenvalue weighted by Crippen LogP contribution is 2.30. The van der Waals surface area contributed by atoms with E-state index >= 15 is 0 Å². The number of anilines is 2. The topological polar surface area (TPSA) is 91.1 Å². The Balaban J connectivity index is 1.27. The normalized spacial score (nSPS) is 12.4. The average Bonchev–Trinajstić information content (AvgIpc) is 3.36. The molecule has 1 aromatic heterocycles. The van der Waals surface area contributed by atoms with Crippen molar-refractivity contribution in [2.45, 2.75) is 0 Å². The molecule has 2 amide bonds. The molecule has 0 unspecified atom stereocenters. The number of allylic oxidation sites excluding steroid dienone is 2. The molecule has 34 heavy (non-hydrogen) atoms. The van der Waals surface area contributed by atoms with Gasteiger partial charge >= 0.3 is 6.03 Å². The summed E-state index contributed by atoms with van der Waals surface area (Å²) in [6, 6.07) is 24.1. The molecule has 4 aromatic rings. The van der Waals surface area contributed by atoms with Crippen molar-refractivity contribution in [2.75, 3.05) is 17.2 Å². The van der Waals surface area contributed by atoms with Gasteiger partial charge in [0.25, 0.3) is 0 Å². The Labute approximate surface area is 197 Å². The van der Waals surface area contributed by atoms with Gasteiger partial charge < -0.3 is 20.7 Å². The van der Waals surface area contributed by atoms with Crippen LogP contribution in [0, 0.1) is 0 Å². The Kier molecular flexibility index (Phi) is 6.07. The molecule has 1 aliphatic heterocycles. The number of ether oxygens (including phenoxy) is 1. The zero-order valence-electron chi connectivity index (χ0n) is 18.3. The van der Waals surface area contributed by atoms with Gasteiger partial charge in [-0.15, -0.1) is 0 Å². The largest absolute Gasteiger partial charge is 0.457 e. The van der Waals surface area contributed by atoms with Crippen molar-refractivity contribution >= 4 is 23.0 Å². The minimum atomic E-state index is -0.345. The summed E-state index contributed by atoms with van der Waals surface area (Å²) < 4.78 is 5.84. The van der Waals surface area contributed by atoms with Crippen LogP contribution in [0.4, 0.5) is 16.2 Å². The van der Waals surface area contributed by atoms with Gasteiger partial charge in [0.2, 0.25) is 0 Å². The van der Waals surface area contributed by atoms with E-state index in [0.717, 1.165) is 34.7 Å². The number of dihydropyridines is 1. The number of benzene rings is 3. The molecule has 0 atom stereocenters. The highest BCUT2D eigenvalue weighted by atomic mass is 16.5. The van der Waals surface area contributed by atoms with Gasteiger partial charge in [0.1, 0.15) is 11.5 Å². The van der Waals surface area contributed by atoms with Gasteiger partial charge in [-0.2, -0.15) is 5.10 Å². The van der Waals surface area contributed by atoms with Gasteiger partial charge in [-0.05, 0) is 54.2 Å². The molecule has 0 aliphatic carbocycles. The van der Waals surface area contributed by atoms with E-state index in [1.165, 1.54) is 0 Å². The maximum absolute atomic E-state index is 12.7. The van der Waals surface area contributed by atoms with Crippen LogP contribution >= 0.6 is 0 Å². The molecule has 1 aliphatic rings. The zero-order valence-corrected chi connectivity index (χ0v) is 18.3. The second-order valence-electron chi connectivity index (χ2n) is 7.66. The molecule has 2 heterocycles. The molecule has 0 spiro atoms. The first kappa shape index (κ1) is 21.1. The molecule has 4 N–H and O–H groups in total. The zero-order chi connectivity index (χ0) is 23.2. The molecule has 7 heteroatoms. The Morgan fingerprint density at radius 1 is 0.882 bits per heavy atom. The molecule has 0 bridgehead atoms. The maximum atomic E-state index is 12.7. The average molecular weight is 450 g/mol. The summed E-state index contributed by atoms with van der Waals surface area (Å²) in [6.07, 6.45) is 7.87. The summed E-state index contributed by atoms with van der Waals surface area (Å²) >= 11 is 0. The lowest BCUT2D eigenvalue weighted by Gasteiger charge is -2.12. The Hall–Kier alpha value is -4.78. The van der Waals surface area contributed by atoms with E-state index in [9.17, 15) is 4.79 Å². The van der Waals surface area contributed by atoms with Gasteiger partial charge in [0, 0.05) is 35.1 Å². The number of carbonyl (C=O) groups excluding carboxylic acids is 1. The number of nitrogens with zero attached hydrogens (tertiary/aromatic N) is 1. The van der Waals surface area contributed by atoms with Gasteiger partial charge in [-0.1, -0.05) is 42.5 Å². The number of carbonyl (C=O) groups is 1. The number of aromatic nitrogens is 2. The maximum Gasteiger partial charge on any atom is 0.323 e. The number of H-pyrrole nitrogens is 1. The minimum absolute atomic E-state index is 0.345. The van der Waals surface area contributed by atoms with Crippen LogP contribution in [-0.2, 0) is 0 Å². The number of hydrogen-bond acceptors (Lipinski definition) is 4. The number of hydrogen-bond donors (Lipinski definition) is 4. The molecule has 0 saturated carbocycles. The predicted molar refractivity (Wildman–Crippen MR) is 135 cm³/mol. The lowest BCUT2D eigenvalue weighted by atomic mass is 10.0. The van der Waals surface area contributed by atoms with Crippen LogP contribution in [0.2, 0.25) is 0 Å². The highest BCUT2D eigenvalue weighted by molar-refractivity contribution is 6.00. The second kappa shape index (κ2) is 9.79. The molecular formula is C27H23N5O2. The van der Waals surface area contributed by atoms with Crippen molar-refractivity contribution in [3.8, 4) is 22.8 Å². The lowest BCUT2D eigenvalue weighted by Crippen LogP contribution is -2.19. The lowest BCUT2D eigenvalue weighted by molar-refractivity contribution is 0.262. The van der Waals surface area contributed by atoms with Gasteiger partial charge in [-0.25, -0.2) is 4.79 Å². The minimum Gasteiger partial charge on any atom is -0.457 e. The van der Waals surface area contributed by atoms with Crippen molar-refractivity contribution in [1.29, 1.82) is 0 Å². The van der Waals surface area contributed by atoms with E-state index < -0.39 is 0 Å². The summed E-state index contributed by atoms with van der Waals surface area (Å²) in [5, 5.41) is 16.2. The number of para-hydroxylation sites is 1. The first-order chi connectivity index (χ1) is 16.7. The van der Waals surface area contributed by atoms with Crippen LogP contribution in [0.3, 0.4) is 0 Å². The van der Waals surface area contributed by atoms with E-state index in [4.69, 9.17) is 4.74 Å². The summed E-state index contributed by atoms with van der Waals surface area (Å²) in [5.74, 6) is 1.37. The predicted octanol–water partition coefficient (Wildman–Crippen LogP) is 6.01. The fourth-order valence-corrected chi connectivity index (χ4v) is 3.69. The first-order valence-electron chi connectivity index (χ1n) is 10.9. The Morgan fingerprint density at radius 3 is 2.44 bits per heavy atom. The fraction of sp³-hybridized carbons (Fsp3) is 0.0370. The number of urea groups is 1. The Morgan fingerprint density at radius 2 is 1.65 bits per heavy atom. The van der Waals surface area contributed by atoms with E-state index in [1.54, 1.807) is 6.07 Å². The van der Waals surface area contributed by atoms with E-state index in [1.807, 2.05) is 91.3 Å². The third-order valence-corrected chi connectivity index (χ3v) is 5.25. The van der Waals surface area contributed by atoms with E-state index in [-0.39, 0.29) is 6.03 Å². The highest BCUT2D eigenvalue weighted by Gasteiger charge is 2.13. The molecule has 0 saturated heterocycles. The molecule has 7 nitrogen and oxygen atoms in total. The van der Waals surface area contributed by atoms with Crippen LogP contribution in [0.5, 0.6) is 11.5 Å². The number of amides is 2. The summed E-state index contributed by atoms with van der Waals surface area (Å²) in [4.78, 5) is 12.7. The summed E-state index contributed by atoms with van der Waals surface area (Å²) in [5.41, 5.74) is 5.22. The van der Waals surface area contributed by atoms with Crippen LogP contribution in [-0.4, -0.2) is 22.8 Å². The molecule has 0 radical (unpaired) electrons. The van der Waals surface area contributed by atoms with Crippen LogP contribution in [0.1, 0.15) is 5.56 Å². The molecule has 3 aromatic carbocycles. The van der Waals surface area contributed by atoms with Crippen molar-refractivity contribution in [2.24, 2.45) is 0 Å². The van der Waals surface area contributed by atoms with E-state index in [2.05, 4.69) is 32.2 Å². The third-order valence-electron chi connectivity index (χ3n) is 5.25. The molecule has 168 valence electrons. The standard InChI is InChI=1S/C27H23N5O2/c33-27(31-22-8-5-11-24(17-22)34-23-9-2-1-3-10-23)30-21-7-4-6-20(16-21)26-25(18-29-32-26)19-12-14-28-15-13-19/h1-14,16-18,28H,15H2,(H,29,32)(H2,30,31,33). The third kappa shape index (κ3) is 4.99. The van der Waals surface area contributed by atoms with E-state index in [0.29, 0.717) is 17.1 Å². The van der Waals surface area contributed by atoms with Gasteiger partial charge in [-0.3, -0.25) is 5.10 Å². The van der Waals surface area contributed by atoms with Crippen LogP contribution in [0.15, 0.2) is 103 Å². The quantitative estimate of drug-likeness (QED) is 0.290. The Bertz CT molecular complexity index is 1360. The SMILES string of the molecule is O=C(Nc1cccc(Oc2ccccc2)c1)Nc1cccc(-c2[nH]ncc2C2=CCNC=C2)c1. The summed E-state index contributed by atoms with van der Waals surface area (Å²) in [7, 11) is 0. The second-order valence-corrected chi connectivity index (χ2v) is 7.66. The number of nitrogens with one attached hydrogen (secondary N) is 4. The summed E-state index contributed by atoms with van der Waals surface area (Å²) in [6.45, 7) is 0.774. The van der Waals surface area contributed by atoms with Crippen molar-refractivity contribution < 1.29 is 9.53 Å². The monoisotopic (exact) mass is 449 g/mol. The van der Waals surface area contributed by atoms with Crippen LogP contribution < -0.4 is 20.7 Å². The molecule has 0 fully saturated rings. The first-order valence-corrected chi connectivity index (χ1v) is 10.9. The number of aromatic amines is 1. The molecule has 5 rings (SSSR count). The van der Waals surface area contributed by atoms with Crippen molar-refractivity contribution in [1.82, 2.24) is 15.5 Å². The smallest absolute Gasteiger partial charge is 0.323 e. The van der Waals surface area contributed by atoms with Gasteiger partial charge in [0.05, 0.1) is 11.9 Å². The van der Waals surface area contributed by atoms with Gasteiger partial charge in [0.15, 0.2) is 0 Å².